The minimum atomic E-state index is 0.155. The van der Waals surface area contributed by atoms with E-state index in [1.165, 1.54) is 0 Å². The van der Waals surface area contributed by atoms with Gasteiger partial charge in [-0.1, -0.05) is 5.16 Å². The lowest BCUT2D eigenvalue weighted by atomic mass is 10.0. The van der Waals surface area contributed by atoms with Crippen LogP contribution in [0.25, 0.3) is 0 Å². The highest BCUT2D eigenvalue weighted by Crippen LogP contribution is 2.16. The van der Waals surface area contributed by atoms with Crippen molar-refractivity contribution in [3.63, 3.8) is 0 Å². The summed E-state index contributed by atoms with van der Waals surface area (Å²) in [6.07, 6.45) is 0. The summed E-state index contributed by atoms with van der Waals surface area (Å²) in [6.45, 7) is 1.86. The third-order valence-corrected chi connectivity index (χ3v) is 1.60. The molecule has 0 aromatic carbocycles. The molecule has 0 unspecified atom stereocenters. The summed E-state index contributed by atoms with van der Waals surface area (Å²) in [5.41, 5.74) is 5.23. The number of nitrogens with two attached hydrogens (primary N) is 1. The molecule has 1 saturated heterocycles. The monoisotopic (exact) mass is 140 g/mol. The van der Waals surface area contributed by atoms with Gasteiger partial charge in [0.15, 0.2) is 5.82 Å². The maximum atomic E-state index is 5.23. The molecule has 10 heavy (non-hydrogen) atoms. The molecule has 0 amide bonds. The molecule has 3 N–H and O–H groups in total. The molecule has 5 heteroatoms. The van der Waals surface area contributed by atoms with Gasteiger partial charge in [0.25, 0.3) is 0 Å². The Morgan fingerprint density at radius 2 is 2.40 bits per heavy atom. The fourth-order valence-electron chi connectivity index (χ4n) is 0.884. The molecular formula is C5H8N4O. The van der Waals surface area contributed by atoms with Crippen LogP contribution in [0.4, 0.5) is 6.01 Å². The van der Waals surface area contributed by atoms with E-state index in [9.17, 15) is 0 Å². The fraction of sp³-hybridized carbons (Fsp3) is 0.600. The Bertz CT molecular complexity index is 229. The minimum absolute atomic E-state index is 0.155. The maximum Gasteiger partial charge on any atom is 0.318 e. The third kappa shape index (κ3) is 0.750. The molecule has 0 atom stereocenters. The first-order valence-corrected chi connectivity index (χ1v) is 3.16. The van der Waals surface area contributed by atoms with Gasteiger partial charge in [-0.3, -0.25) is 0 Å². The molecular weight excluding hydrogens is 132 g/mol. The number of aromatic nitrogens is 2. The van der Waals surface area contributed by atoms with Crippen molar-refractivity contribution in [2.24, 2.45) is 0 Å². The summed E-state index contributed by atoms with van der Waals surface area (Å²) in [7, 11) is 0. The highest BCUT2D eigenvalue weighted by Gasteiger charge is 2.23. The molecule has 0 spiro atoms. The van der Waals surface area contributed by atoms with E-state index in [2.05, 4.69) is 20.0 Å². The molecule has 0 aliphatic carbocycles. The van der Waals surface area contributed by atoms with Gasteiger partial charge in [-0.2, -0.15) is 4.98 Å². The Morgan fingerprint density at radius 1 is 1.60 bits per heavy atom. The van der Waals surface area contributed by atoms with Crippen LogP contribution in [-0.4, -0.2) is 23.2 Å². The molecule has 0 saturated carbocycles. The zero-order chi connectivity index (χ0) is 6.97. The van der Waals surface area contributed by atoms with Crippen LogP contribution in [-0.2, 0) is 0 Å². The summed E-state index contributed by atoms with van der Waals surface area (Å²) < 4.78 is 4.61. The summed E-state index contributed by atoms with van der Waals surface area (Å²) in [5.74, 6) is 1.12. The summed E-state index contributed by atoms with van der Waals surface area (Å²) in [5, 5.41) is 6.79. The van der Waals surface area contributed by atoms with Crippen LogP contribution in [0, 0.1) is 0 Å². The van der Waals surface area contributed by atoms with Gasteiger partial charge in [0, 0.05) is 19.0 Å². The molecule has 54 valence electrons. The van der Waals surface area contributed by atoms with Gasteiger partial charge < -0.3 is 15.6 Å². The lowest BCUT2D eigenvalue weighted by Crippen LogP contribution is -2.40. The Kier molecular flexibility index (Phi) is 1.10. The number of hydrogen-bond donors (Lipinski definition) is 2. The van der Waals surface area contributed by atoms with Crippen molar-refractivity contribution in [2.45, 2.75) is 5.92 Å². The topological polar surface area (TPSA) is 77.0 Å². The number of hydrogen-bond acceptors (Lipinski definition) is 5. The highest BCUT2D eigenvalue weighted by molar-refractivity contribution is 5.12. The first-order chi connectivity index (χ1) is 4.86. The molecule has 1 aromatic rings. The molecule has 5 nitrogen and oxygen atoms in total. The van der Waals surface area contributed by atoms with Crippen molar-refractivity contribution in [2.75, 3.05) is 18.8 Å². The van der Waals surface area contributed by atoms with Crippen molar-refractivity contribution < 1.29 is 4.52 Å². The molecule has 1 aromatic heterocycles. The number of nitrogens with one attached hydrogen (secondary N) is 1. The molecule has 1 aliphatic rings. The van der Waals surface area contributed by atoms with Crippen LogP contribution < -0.4 is 11.1 Å². The van der Waals surface area contributed by atoms with Crippen molar-refractivity contribution in [1.29, 1.82) is 0 Å². The average Bonchev–Trinajstić information content (AvgIpc) is 2.10. The van der Waals surface area contributed by atoms with E-state index in [-0.39, 0.29) is 6.01 Å². The minimum Gasteiger partial charge on any atom is -0.351 e. The van der Waals surface area contributed by atoms with E-state index >= 15 is 0 Å². The van der Waals surface area contributed by atoms with E-state index in [1.807, 2.05) is 0 Å². The Balaban J connectivity index is 2.17. The van der Waals surface area contributed by atoms with E-state index in [0.29, 0.717) is 5.92 Å². The lowest BCUT2D eigenvalue weighted by molar-refractivity contribution is 0.384. The maximum absolute atomic E-state index is 5.23. The Labute approximate surface area is 57.6 Å². The second-order valence-corrected chi connectivity index (χ2v) is 2.35. The third-order valence-electron chi connectivity index (χ3n) is 1.60. The van der Waals surface area contributed by atoms with Crippen molar-refractivity contribution in [3.8, 4) is 0 Å². The second kappa shape index (κ2) is 1.95. The van der Waals surface area contributed by atoms with Gasteiger partial charge >= 0.3 is 6.01 Å². The van der Waals surface area contributed by atoms with E-state index < -0.39 is 0 Å². The van der Waals surface area contributed by atoms with Crippen LogP contribution in [0.1, 0.15) is 11.7 Å². The van der Waals surface area contributed by atoms with Gasteiger partial charge in [0.1, 0.15) is 0 Å². The fourth-order valence-corrected chi connectivity index (χ4v) is 0.884. The van der Waals surface area contributed by atoms with Crippen molar-refractivity contribution >= 4 is 6.01 Å². The van der Waals surface area contributed by atoms with Crippen LogP contribution >= 0.6 is 0 Å². The number of nitrogens with zero attached hydrogens (tertiary/aromatic N) is 2. The number of anilines is 1. The van der Waals surface area contributed by atoms with Gasteiger partial charge in [-0.05, 0) is 0 Å². The highest BCUT2D eigenvalue weighted by atomic mass is 16.5. The first kappa shape index (κ1) is 5.67. The summed E-state index contributed by atoms with van der Waals surface area (Å²) in [4.78, 5) is 3.89. The standard InChI is InChI=1S/C5H8N4O/c6-5-8-4(9-10-5)3-1-7-2-3/h3,7H,1-2H2,(H2,6,8,9). The normalized spacial score (nSPS) is 18.8. The molecule has 0 bridgehead atoms. The predicted molar refractivity (Wildman–Crippen MR) is 34.3 cm³/mol. The number of nitrogen functional groups attached to an aromatic ring is 1. The van der Waals surface area contributed by atoms with Crippen LogP contribution in [0.2, 0.25) is 0 Å². The molecule has 2 rings (SSSR count). The average molecular weight is 140 g/mol. The largest absolute Gasteiger partial charge is 0.351 e. The van der Waals surface area contributed by atoms with Gasteiger partial charge in [0.05, 0.1) is 0 Å². The summed E-state index contributed by atoms with van der Waals surface area (Å²) in [6, 6.07) is 0.155. The molecule has 1 aliphatic heterocycles. The zero-order valence-corrected chi connectivity index (χ0v) is 5.37. The van der Waals surface area contributed by atoms with Gasteiger partial charge in [-0.25, -0.2) is 0 Å². The predicted octanol–water partition coefficient (Wildman–Crippen LogP) is -0.661. The number of rotatable bonds is 1. The SMILES string of the molecule is Nc1nc(C2CNC2)no1. The zero-order valence-electron chi connectivity index (χ0n) is 5.37. The van der Waals surface area contributed by atoms with Gasteiger partial charge in [0.2, 0.25) is 0 Å². The quantitative estimate of drug-likeness (QED) is 0.541. The van der Waals surface area contributed by atoms with Crippen molar-refractivity contribution in [1.82, 2.24) is 15.5 Å². The van der Waals surface area contributed by atoms with Crippen molar-refractivity contribution in [3.05, 3.63) is 5.82 Å². The Hall–Kier alpha value is -1.10. The van der Waals surface area contributed by atoms with Crippen LogP contribution in [0.15, 0.2) is 4.52 Å². The molecule has 0 radical (unpaired) electrons. The second-order valence-electron chi connectivity index (χ2n) is 2.35. The van der Waals surface area contributed by atoms with E-state index in [4.69, 9.17) is 5.73 Å². The molecule has 1 fully saturated rings. The lowest BCUT2D eigenvalue weighted by Gasteiger charge is -2.23. The molecule has 2 heterocycles. The van der Waals surface area contributed by atoms with Crippen LogP contribution in [0.3, 0.4) is 0 Å². The first-order valence-electron chi connectivity index (χ1n) is 3.16. The van der Waals surface area contributed by atoms with E-state index in [1.54, 1.807) is 0 Å². The Morgan fingerprint density at radius 3 is 2.80 bits per heavy atom. The van der Waals surface area contributed by atoms with Crippen LogP contribution in [0.5, 0.6) is 0 Å². The smallest absolute Gasteiger partial charge is 0.318 e. The van der Waals surface area contributed by atoms with Gasteiger partial charge in [-0.15, -0.1) is 0 Å². The summed E-state index contributed by atoms with van der Waals surface area (Å²) >= 11 is 0. The van der Waals surface area contributed by atoms with E-state index in [0.717, 1.165) is 18.9 Å².